The fraction of sp³-hybridized carbons (Fsp3) is 0. The van der Waals surface area contributed by atoms with E-state index in [1.54, 1.807) is 0 Å². The lowest BCUT2D eigenvalue weighted by molar-refractivity contribution is 0.208. The van der Waals surface area contributed by atoms with E-state index in [0.29, 0.717) is 6.07 Å². The van der Waals surface area contributed by atoms with E-state index >= 15 is 0 Å². The van der Waals surface area contributed by atoms with Gasteiger partial charge < -0.3 is 10.5 Å². The van der Waals surface area contributed by atoms with E-state index in [-0.39, 0.29) is 0 Å². The molecule has 1 aromatic carbocycles. The van der Waals surface area contributed by atoms with Crippen LogP contribution in [0.1, 0.15) is 0 Å². The van der Waals surface area contributed by atoms with Crippen LogP contribution in [-0.4, -0.2) is 6.09 Å². The maximum Gasteiger partial charge on any atom is 0.410 e. The Labute approximate surface area is 84.8 Å². The Morgan fingerprint density at radius 2 is 1.93 bits per heavy atom. The molecule has 0 unspecified atom stereocenters. The molecule has 0 atom stereocenters. The molecule has 0 aliphatic rings. The van der Waals surface area contributed by atoms with Crippen molar-refractivity contribution in [3.63, 3.8) is 0 Å². The first-order valence-electron chi connectivity index (χ1n) is 3.23. The van der Waals surface area contributed by atoms with Crippen molar-refractivity contribution in [2.24, 2.45) is 5.73 Å². The van der Waals surface area contributed by atoms with Gasteiger partial charge in [0.2, 0.25) is 0 Å². The third kappa shape index (κ3) is 1.98. The van der Waals surface area contributed by atoms with Gasteiger partial charge >= 0.3 is 6.09 Å². The molecule has 0 saturated carbocycles. The van der Waals surface area contributed by atoms with Gasteiger partial charge in [-0.1, -0.05) is 0 Å². The predicted octanol–water partition coefficient (Wildman–Crippen LogP) is 2.32. The third-order valence-corrected chi connectivity index (χ3v) is 1.98. The van der Waals surface area contributed by atoms with Crippen LogP contribution in [0, 0.1) is 17.5 Å². The van der Waals surface area contributed by atoms with Gasteiger partial charge in [-0.15, -0.1) is 0 Å². The smallest absolute Gasteiger partial charge is 0.407 e. The minimum absolute atomic E-state index is 0.389. The molecule has 0 aliphatic carbocycles. The maximum atomic E-state index is 13.0. The molecule has 1 aromatic rings. The Morgan fingerprint density at radius 1 is 1.36 bits per heavy atom. The van der Waals surface area contributed by atoms with E-state index in [1.807, 2.05) is 0 Å². The highest BCUT2D eigenvalue weighted by molar-refractivity contribution is 9.10. The number of primary amides is 1. The molecule has 0 heterocycles. The molecule has 3 nitrogen and oxygen atoms in total. The molecule has 1 amide bonds. The Kier molecular flexibility index (Phi) is 3.00. The van der Waals surface area contributed by atoms with Crippen molar-refractivity contribution in [2.75, 3.05) is 0 Å². The van der Waals surface area contributed by atoms with Crippen molar-refractivity contribution >= 4 is 22.0 Å². The molecule has 14 heavy (non-hydrogen) atoms. The number of rotatable bonds is 1. The average Bonchev–Trinajstić information content (AvgIpc) is 2.10. The second-order valence-electron chi connectivity index (χ2n) is 2.22. The Bertz CT molecular complexity index is 397. The summed E-state index contributed by atoms with van der Waals surface area (Å²) in [6.07, 6.45) is -1.32. The lowest BCUT2D eigenvalue weighted by Crippen LogP contribution is -2.17. The summed E-state index contributed by atoms with van der Waals surface area (Å²) in [5.41, 5.74) is 4.57. The van der Waals surface area contributed by atoms with Gasteiger partial charge in [-0.25, -0.2) is 18.0 Å². The van der Waals surface area contributed by atoms with Gasteiger partial charge in [-0.2, -0.15) is 0 Å². The van der Waals surface area contributed by atoms with Crippen molar-refractivity contribution in [3.05, 3.63) is 28.0 Å². The topological polar surface area (TPSA) is 52.3 Å². The highest BCUT2D eigenvalue weighted by atomic mass is 79.9. The number of benzene rings is 1. The van der Waals surface area contributed by atoms with Crippen LogP contribution < -0.4 is 10.5 Å². The number of halogens is 4. The molecule has 0 bridgehead atoms. The highest BCUT2D eigenvalue weighted by Gasteiger charge is 2.18. The van der Waals surface area contributed by atoms with Crippen molar-refractivity contribution in [3.8, 4) is 5.75 Å². The predicted molar refractivity (Wildman–Crippen MR) is 44.2 cm³/mol. The number of amides is 1. The first-order valence-corrected chi connectivity index (χ1v) is 4.03. The monoisotopic (exact) mass is 269 g/mol. The molecular weight excluding hydrogens is 267 g/mol. The van der Waals surface area contributed by atoms with E-state index in [1.165, 1.54) is 0 Å². The zero-order valence-electron chi connectivity index (χ0n) is 6.48. The number of ether oxygens (including phenoxy) is 1. The summed E-state index contributed by atoms with van der Waals surface area (Å²) >= 11 is 2.45. The molecule has 7 heteroatoms. The van der Waals surface area contributed by atoms with Gasteiger partial charge in [0.25, 0.3) is 0 Å². The summed E-state index contributed by atoms with van der Waals surface area (Å²) in [7, 11) is 0. The summed E-state index contributed by atoms with van der Waals surface area (Å²) in [6, 6.07) is 0.389. The Morgan fingerprint density at radius 3 is 2.43 bits per heavy atom. The minimum Gasteiger partial charge on any atom is -0.407 e. The normalized spacial score (nSPS) is 10.0. The fourth-order valence-electron chi connectivity index (χ4n) is 0.734. The zero-order chi connectivity index (χ0) is 10.9. The van der Waals surface area contributed by atoms with Crippen LogP contribution in [-0.2, 0) is 0 Å². The van der Waals surface area contributed by atoms with Crippen molar-refractivity contribution < 1.29 is 22.7 Å². The highest BCUT2D eigenvalue weighted by Crippen LogP contribution is 2.29. The molecule has 1 rings (SSSR count). The van der Waals surface area contributed by atoms with Crippen LogP contribution in [0.15, 0.2) is 10.5 Å². The first-order chi connectivity index (χ1) is 6.43. The van der Waals surface area contributed by atoms with Gasteiger partial charge in [0.15, 0.2) is 23.2 Å². The molecule has 0 fully saturated rings. The van der Waals surface area contributed by atoms with E-state index < -0.39 is 33.8 Å². The number of carbonyl (C=O) groups excluding carboxylic acids is 1. The molecule has 2 N–H and O–H groups in total. The van der Waals surface area contributed by atoms with Crippen LogP contribution in [0.5, 0.6) is 5.75 Å². The maximum absolute atomic E-state index is 13.0. The largest absolute Gasteiger partial charge is 0.410 e. The van der Waals surface area contributed by atoms with Gasteiger partial charge in [0.05, 0.1) is 4.47 Å². The molecule has 0 aliphatic heterocycles. The summed E-state index contributed by atoms with van der Waals surface area (Å²) in [6.45, 7) is 0. The average molecular weight is 270 g/mol. The van der Waals surface area contributed by atoms with E-state index in [9.17, 15) is 18.0 Å². The molecule has 0 aromatic heterocycles. The molecule has 0 spiro atoms. The number of carbonyl (C=O) groups is 1. The van der Waals surface area contributed by atoms with Gasteiger partial charge in [0.1, 0.15) is 0 Å². The van der Waals surface area contributed by atoms with Crippen molar-refractivity contribution in [1.29, 1.82) is 0 Å². The van der Waals surface area contributed by atoms with Crippen LogP contribution >= 0.6 is 15.9 Å². The van der Waals surface area contributed by atoms with Gasteiger partial charge in [0, 0.05) is 6.07 Å². The number of hydrogen-bond donors (Lipinski definition) is 1. The second kappa shape index (κ2) is 3.87. The lowest BCUT2D eigenvalue weighted by Gasteiger charge is -2.05. The summed E-state index contributed by atoms with van der Waals surface area (Å²) < 4.78 is 41.7. The van der Waals surface area contributed by atoms with Crippen molar-refractivity contribution in [2.45, 2.75) is 0 Å². The summed E-state index contributed by atoms with van der Waals surface area (Å²) in [5.74, 6) is -4.76. The van der Waals surface area contributed by atoms with Gasteiger partial charge in [-0.05, 0) is 15.9 Å². The van der Waals surface area contributed by atoms with Crippen LogP contribution in [0.25, 0.3) is 0 Å². The quantitative estimate of drug-likeness (QED) is 0.629. The third-order valence-electron chi connectivity index (χ3n) is 1.28. The molecule has 0 radical (unpaired) electrons. The fourth-order valence-corrected chi connectivity index (χ4v) is 1.12. The standard InChI is InChI=1S/C7H3BrF3NO2/c8-4-5(10)2(9)1-3(6(4)11)14-7(12)13/h1H,(H2,12,13). The van der Waals surface area contributed by atoms with E-state index in [2.05, 4.69) is 26.4 Å². The number of nitrogens with two attached hydrogens (primary N) is 1. The zero-order valence-corrected chi connectivity index (χ0v) is 8.07. The minimum atomic E-state index is -1.40. The van der Waals surface area contributed by atoms with E-state index in [4.69, 9.17) is 0 Å². The van der Waals surface area contributed by atoms with Crippen molar-refractivity contribution in [1.82, 2.24) is 0 Å². The lowest BCUT2D eigenvalue weighted by atomic mass is 10.3. The van der Waals surface area contributed by atoms with Crippen LogP contribution in [0.4, 0.5) is 18.0 Å². The SMILES string of the molecule is NC(=O)Oc1cc(F)c(F)c(Br)c1F. The Hall–Kier alpha value is -1.24. The van der Waals surface area contributed by atoms with Crippen LogP contribution in [0.3, 0.4) is 0 Å². The Balaban J connectivity index is 3.25. The number of hydrogen-bond acceptors (Lipinski definition) is 2. The second-order valence-corrected chi connectivity index (χ2v) is 3.01. The molecule has 0 saturated heterocycles. The van der Waals surface area contributed by atoms with E-state index in [0.717, 1.165) is 0 Å². The van der Waals surface area contributed by atoms with Crippen LogP contribution in [0.2, 0.25) is 0 Å². The molecule has 76 valence electrons. The summed E-state index contributed by atoms with van der Waals surface area (Å²) in [4.78, 5) is 10.2. The summed E-state index contributed by atoms with van der Waals surface area (Å²) in [5, 5.41) is 0. The first kappa shape index (κ1) is 10.8. The molecular formula is C7H3BrF3NO2. The van der Waals surface area contributed by atoms with Gasteiger partial charge in [-0.3, -0.25) is 0 Å².